The third kappa shape index (κ3) is 3.61. The van der Waals surface area contributed by atoms with Crippen molar-refractivity contribution in [3.8, 4) is 11.5 Å². The molecule has 1 aromatic carbocycles. The lowest BCUT2D eigenvalue weighted by Crippen LogP contribution is -2.38. The van der Waals surface area contributed by atoms with Gasteiger partial charge in [-0.15, -0.1) is 10.2 Å². The number of hydrogen-bond acceptors (Lipinski definition) is 7. The van der Waals surface area contributed by atoms with E-state index in [1.165, 1.54) is 37.8 Å². The number of esters is 1. The summed E-state index contributed by atoms with van der Waals surface area (Å²) >= 11 is 0. The fourth-order valence-electron chi connectivity index (χ4n) is 3.31. The predicted octanol–water partition coefficient (Wildman–Crippen LogP) is 2.35. The Labute approximate surface area is 180 Å². The minimum absolute atomic E-state index is 0.0208. The molecule has 0 amide bonds. The highest BCUT2D eigenvalue weighted by Crippen LogP contribution is 2.26. The molecule has 0 saturated heterocycles. The van der Waals surface area contributed by atoms with E-state index in [4.69, 9.17) is 4.74 Å². The van der Waals surface area contributed by atoms with Gasteiger partial charge in [-0.2, -0.15) is 5.10 Å². The highest BCUT2D eigenvalue weighted by Gasteiger charge is 2.36. The Morgan fingerprint density at radius 2 is 1.97 bits per heavy atom. The van der Waals surface area contributed by atoms with Crippen LogP contribution in [0.2, 0.25) is 0 Å². The lowest BCUT2D eigenvalue weighted by atomic mass is 9.90. The molecule has 1 N–H and O–H groups in total. The van der Waals surface area contributed by atoms with Gasteiger partial charge in [0.2, 0.25) is 0 Å². The van der Waals surface area contributed by atoms with E-state index in [1.54, 1.807) is 18.2 Å². The van der Waals surface area contributed by atoms with Crippen LogP contribution in [0.1, 0.15) is 25.1 Å². The second-order valence-electron chi connectivity index (χ2n) is 7.59. The van der Waals surface area contributed by atoms with Crippen molar-refractivity contribution in [2.24, 2.45) is 0 Å². The average molecular weight is 440 g/mol. The first-order chi connectivity index (χ1) is 15.2. The largest absolute Gasteiger partial charge is 0.468 e. The molecule has 3 aromatic heterocycles. The number of pyridine rings is 1. The second-order valence-corrected chi connectivity index (χ2v) is 7.59. The van der Waals surface area contributed by atoms with Crippen molar-refractivity contribution in [1.29, 1.82) is 0 Å². The number of fused-ring (bicyclic) bond motifs is 1. The van der Waals surface area contributed by atoms with E-state index in [0.29, 0.717) is 5.56 Å². The average Bonchev–Trinajstić information content (AvgIpc) is 3.11. The van der Waals surface area contributed by atoms with Crippen molar-refractivity contribution in [3.05, 3.63) is 69.8 Å². The molecule has 9 nitrogen and oxygen atoms in total. The molecule has 4 rings (SSSR count). The van der Waals surface area contributed by atoms with Crippen LogP contribution in [0.15, 0.2) is 41.3 Å². The molecule has 32 heavy (non-hydrogen) atoms. The fraction of sp³-hybridized carbons (Fsp3) is 0.238. The molecule has 0 radical (unpaired) electrons. The quantitative estimate of drug-likeness (QED) is 0.474. The van der Waals surface area contributed by atoms with Crippen LogP contribution < -0.4 is 5.56 Å². The molecular weight excluding hydrogens is 422 g/mol. The topological polar surface area (TPSA) is 116 Å². The van der Waals surface area contributed by atoms with Gasteiger partial charge in [-0.1, -0.05) is 18.2 Å². The molecule has 3 heterocycles. The Hall–Kier alpha value is -4.02. The van der Waals surface area contributed by atoms with Gasteiger partial charge in [0.1, 0.15) is 28.4 Å². The highest BCUT2D eigenvalue weighted by molar-refractivity contribution is 5.89. The first kappa shape index (κ1) is 21.2. The maximum atomic E-state index is 14.1. The molecule has 0 aliphatic carbocycles. The molecule has 0 atom stereocenters. The monoisotopic (exact) mass is 440 g/mol. The van der Waals surface area contributed by atoms with Crippen LogP contribution in [0.4, 0.5) is 8.78 Å². The number of aromatic nitrogens is 6. The van der Waals surface area contributed by atoms with Gasteiger partial charge < -0.3 is 9.72 Å². The van der Waals surface area contributed by atoms with Crippen LogP contribution in [0, 0.1) is 11.6 Å². The van der Waals surface area contributed by atoms with E-state index >= 15 is 0 Å². The van der Waals surface area contributed by atoms with Gasteiger partial charge in [-0.05, 0) is 26.0 Å². The smallest absolute Gasteiger partial charge is 0.317 e. The minimum atomic E-state index is -1.34. The lowest BCUT2D eigenvalue weighted by molar-refractivity contribution is -0.146. The van der Waals surface area contributed by atoms with Gasteiger partial charge in [0.15, 0.2) is 11.5 Å². The second kappa shape index (κ2) is 7.91. The van der Waals surface area contributed by atoms with Crippen molar-refractivity contribution >= 4 is 17.0 Å². The Balaban J connectivity index is 1.84. The van der Waals surface area contributed by atoms with Gasteiger partial charge in [0.05, 0.1) is 25.2 Å². The molecule has 0 bridgehead atoms. The molecule has 4 aromatic rings. The zero-order valence-electron chi connectivity index (χ0n) is 17.4. The zero-order valence-corrected chi connectivity index (χ0v) is 17.4. The summed E-state index contributed by atoms with van der Waals surface area (Å²) < 4.78 is 34.2. The van der Waals surface area contributed by atoms with E-state index in [1.807, 2.05) is 0 Å². The fourth-order valence-corrected chi connectivity index (χ4v) is 3.31. The van der Waals surface area contributed by atoms with E-state index in [2.05, 4.69) is 25.3 Å². The molecular formula is C21H18F2N6O3. The number of ether oxygens (including phenoxy) is 1. The van der Waals surface area contributed by atoms with Crippen LogP contribution in [0.3, 0.4) is 0 Å². The summed E-state index contributed by atoms with van der Waals surface area (Å²) in [6.45, 7) is 2.98. The van der Waals surface area contributed by atoms with Gasteiger partial charge in [-0.25, -0.2) is 18.4 Å². The molecule has 0 aliphatic rings. The standard InChI is InChI=1S/C21H18F2N6O3/c1-21(2,20(31)32-3)16-19(30)25-17(27-26-16)15-13-8-12(22)9-24-18(13)29(28-15)10-11-6-4-5-7-14(11)23/h4-9H,10H2,1-3H3,(H,25,27,30). The van der Waals surface area contributed by atoms with E-state index in [-0.39, 0.29) is 34.8 Å². The summed E-state index contributed by atoms with van der Waals surface area (Å²) in [4.78, 5) is 31.3. The maximum absolute atomic E-state index is 14.1. The van der Waals surface area contributed by atoms with Crippen molar-refractivity contribution in [3.63, 3.8) is 0 Å². The highest BCUT2D eigenvalue weighted by atomic mass is 19.1. The van der Waals surface area contributed by atoms with Gasteiger partial charge in [0, 0.05) is 5.56 Å². The number of H-pyrrole nitrogens is 1. The van der Waals surface area contributed by atoms with Crippen molar-refractivity contribution in [2.75, 3.05) is 7.11 Å². The number of rotatable bonds is 5. The van der Waals surface area contributed by atoms with E-state index < -0.39 is 28.6 Å². The zero-order chi connectivity index (χ0) is 23.0. The molecule has 164 valence electrons. The van der Waals surface area contributed by atoms with Crippen LogP contribution >= 0.6 is 0 Å². The molecule has 0 fully saturated rings. The van der Waals surface area contributed by atoms with Gasteiger partial charge in [0.25, 0.3) is 5.56 Å². The number of carbonyl (C=O) groups excluding carboxylic acids is 1. The van der Waals surface area contributed by atoms with Gasteiger partial charge >= 0.3 is 5.97 Å². The number of methoxy groups -OCH3 is 1. The van der Waals surface area contributed by atoms with Crippen molar-refractivity contribution in [1.82, 2.24) is 29.9 Å². The van der Waals surface area contributed by atoms with Crippen LogP contribution in [0.25, 0.3) is 22.6 Å². The third-order valence-corrected chi connectivity index (χ3v) is 5.04. The van der Waals surface area contributed by atoms with Gasteiger partial charge in [-0.3, -0.25) is 9.59 Å². The molecule has 0 saturated carbocycles. The Bertz CT molecular complexity index is 1400. The van der Waals surface area contributed by atoms with E-state index in [0.717, 1.165) is 6.20 Å². The normalized spacial score (nSPS) is 11.7. The lowest BCUT2D eigenvalue weighted by Gasteiger charge is -2.18. The molecule has 0 spiro atoms. The summed E-state index contributed by atoms with van der Waals surface area (Å²) in [5.74, 6) is -1.76. The number of nitrogens with zero attached hydrogens (tertiary/aromatic N) is 5. The predicted molar refractivity (Wildman–Crippen MR) is 110 cm³/mol. The number of hydrogen-bond donors (Lipinski definition) is 1. The Kier molecular flexibility index (Phi) is 5.25. The van der Waals surface area contributed by atoms with Crippen LogP contribution in [-0.2, 0) is 21.5 Å². The molecule has 11 heteroatoms. The number of benzene rings is 1. The summed E-state index contributed by atoms with van der Waals surface area (Å²) in [5.41, 5.74) is -1.43. The number of aromatic amines is 1. The number of halogens is 2. The SMILES string of the molecule is COC(=O)C(C)(C)c1nnc(-c2nn(Cc3ccccc3F)c3ncc(F)cc23)[nH]c1=O. The Morgan fingerprint density at radius 3 is 2.66 bits per heavy atom. The van der Waals surface area contributed by atoms with E-state index in [9.17, 15) is 18.4 Å². The summed E-state index contributed by atoms with van der Waals surface area (Å²) in [6, 6.07) is 7.35. The first-order valence-corrected chi connectivity index (χ1v) is 9.54. The Morgan fingerprint density at radius 1 is 1.22 bits per heavy atom. The summed E-state index contributed by atoms with van der Waals surface area (Å²) in [7, 11) is 1.20. The molecule has 0 aliphatic heterocycles. The molecule has 0 unspecified atom stereocenters. The first-order valence-electron chi connectivity index (χ1n) is 9.54. The minimum Gasteiger partial charge on any atom is -0.468 e. The summed E-state index contributed by atoms with van der Waals surface area (Å²) in [5, 5.41) is 12.5. The number of nitrogens with one attached hydrogen (secondary N) is 1. The summed E-state index contributed by atoms with van der Waals surface area (Å²) in [6.07, 6.45) is 1.02. The number of carbonyl (C=O) groups is 1. The van der Waals surface area contributed by atoms with Crippen LogP contribution in [-0.4, -0.2) is 43.0 Å². The van der Waals surface area contributed by atoms with Crippen molar-refractivity contribution in [2.45, 2.75) is 25.8 Å². The maximum Gasteiger partial charge on any atom is 0.317 e. The van der Waals surface area contributed by atoms with Crippen LogP contribution in [0.5, 0.6) is 0 Å². The third-order valence-electron chi connectivity index (χ3n) is 5.04. The van der Waals surface area contributed by atoms with Crippen molar-refractivity contribution < 1.29 is 18.3 Å².